The molecule has 0 heterocycles. The zero-order valence-electron chi connectivity index (χ0n) is 12.3. The summed E-state index contributed by atoms with van der Waals surface area (Å²) in [5, 5.41) is 0. The van der Waals surface area contributed by atoms with Crippen LogP contribution in [0.25, 0.3) is 0 Å². The van der Waals surface area contributed by atoms with Gasteiger partial charge in [-0.15, -0.1) is 0 Å². The van der Waals surface area contributed by atoms with Gasteiger partial charge in [-0.25, -0.2) is 21.9 Å². The minimum atomic E-state index is -3.77. The zero-order valence-corrected chi connectivity index (χ0v) is 13.2. The fourth-order valence-corrected chi connectivity index (χ4v) is 3.07. The van der Waals surface area contributed by atoms with E-state index in [1.165, 1.54) is 37.3 Å². The molecule has 0 aliphatic heterocycles. The van der Waals surface area contributed by atoms with Crippen LogP contribution in [0.4, 0.5) is 8.78 Å². The third-order valence-corrected chi connectivity index (χ3v) is 4.70. The third-order valence-electron chi connectivity index (χ3n) is 3.24. The molecule has 0 radical (unpaired) electrons. The van der Waals surface area contributed by atoms with Crippen molar-refractivity contribution in [1.82, 2.24) is 4.72 Å². The molecule has 0 bridgehead atoms. The monoisotopic (exact) mass is 339 g/mol. The topological polar surface area (TPSA) is 63.2 Å². The third kappa shape index (κ3) is 4.43. The second-order valence-corrected chi connectivity index (χ2v) is 6.75. The number of Topliss-reactive ketones (excluding diaryl/α,β-unsaturated/α-hetero) is 1. The van der Waals surface area contributed by atoms with Gasteiger partial charge in [-0.2, -0.15) is 0 Å². The molecule has 0 aromatic heterocycles. The van der Waals surface area contributed by atoms with Crippen LogP contribution in [0.5, 0.6) is 0 Å². The zero-order chi connectivity index (χ0) is 17.0. The van der Waals surface area contributed by atoms with Crippen molar-refractivity contribution in [3.05, 3.63) is 65.2 Å². The maximum Gasteiger partial charge on any atom is 0.240 e. The van der Waals surface area contributed by atoms with Gasteiger partial charge >= 0.3 is 0 Å². The Morgan fingerprint density at radius 1 is 1.09 bits per heavy atom. The first-order chi connectivity index (χ1) is 10.8. The van der Waals surface area contributed by atoms with Gasteiger partial charge in [0.2, 0.25) is 10.0 Å². The lowest BCUT2D eigenvalue weighted by molar-refractivity contribution is 0.101. The molecule has 2 aromatic rings. The van der Waals surface area contributed by atoms with E-state index in [0.29, 0.717) is 11.1 Å². The molecule has 0 spiro atoms. The lowest BCUT2D eigenvalue weighted by Gasteiger charge is -2.08. The number of benzene rings is 2. The van der Waals surface area contributed by atoms with Gasteiger partial charge in [0.1, 0.15) is 0 Å². The minimum Gasteiger partial charge on any atom is -0.295 e. The summed E-state index contributed by atoms with van der Waals surface area (Å²) in [6, 6.07) is 9.11. The van der Waals surface area contributed by atoms with E-state index in [0.717, 1.165) is 12.1 Å². The molecule has 7 heteroatoms. The minimum absolute atomic E-state index is 0.0181. The fraction of sp³-hybridized carbons (Fsp3) is 0.188. The highest BCUT2D eigenvalue weighted by molar-refractivity contribution is 7.89. The average molecular weight is 339 g/mol. The second kappa shape index (κ2) is 6.97. The van der Waals surface area contributed by atoms with Crippen molar-refractivity contribution >= 4 is 15.8 Å². The van der Waals surface area contributed by atoms with Crippen molar-refractivity contribution in [3.8, 4) is 0 Å². The predicted octanol–water partition coefficient (Wildman–Crippen LogP) is 2.69. The van der Waals surface area contributed by atoms with Gasteiger partial charge in [-0.05, 0) is 43.2 Å². The highest BCUT2D eigenvalue weighted by atomic mass is 32.2. The molecular formula is C16H15F2NO3S. The van der Waals surface area contributed by atoms with Gasteiger partial charge in [0.15, 0.2) is 17.4 Å². The summed E-state index contributed by atoms with van der Waals surface area (Å²) < 4.78 is 52.6. The number of rotatable bonds is 6. The standard InChI is InChI=1S/C16H15F2NO3S/c1-11(20)13-3-2-4-14(10-13)23(21,22)19-8-7-12-5-6-15(17)16(18)9-12/h2-6,9-10,19H,7-8H2,1H3. The molecule has 0 aliphatic rings. The Bertz CT molecular complexity index is 835. The van der Waals surface area contributed by atoms with E-state index in [1.54, 1.807) is 0 Å². The van der Waals surface area contributed by atoms with E-state index in [2.05, 4.69) is 4.72 Å². The number of nitrogens with one attached hydrogen (secondary N) is 1. The summed E-state index contributed by atoms with van der Waals surface area (Å²) in [6.45, 7) is 1.37. The van der Waals surface area contributed by atoms with Crippen molar-refractivity contribution < 1.29 is 22.0 Å². The Morgan fingerprint density at radius 2 is 1.83 bits per heavy atom. The van der Waals surface area contributed by atoms with Gasteiger partial charge in [-0.3, -0.25) is 4.79 Å². The maximum absolute atomic E-state index is 13.1. The summed E-state index contributed by atoms with van der Waals surface area (Å²) in [7, 11) is -3.77. The summed E-state index contributed by atoms with van der Waals surface area (Å²) >= 11 is 0. The van der Waals surface area contributed by atoms with Crippen LogP contribution >= 0.6 is 0 Å². The lowest BCUT2D eigenvalue weighted by atomic mass is 10.1. The molecule has 0 amide bonds. The Labute approximate surface area is 133 Å². The first kappa shape index (κ1) is 17.2. The SMILES string of the molecule is CC(=O)c1cccc(S(=O)(=O)NCCc2ccc(F)c(F)c2)c1. The summed E-state index contributed by atoms with van der Waals surface area (Å²) in [6.07, 6.45) is 0.211. The number of carbonyl (C=O) groups excluding carboxylic acids is 1. The van der Waals surface area contributed by atoms with Gasteiger partial charge in [0, 0.05) is 12.1 Å². The van der Waals surface area contributed by atoms with Crippen molar-refractivity contribution in [2.75, 3.05) is 6.54 Å². The smallest absolute Gasteiger partial charge is 0.240 e. The average Bonchev–Trinajstić information content (AvgIpc) is 2.51. The van der Waals surface area contributed by atoms with Crippen LogP contribution < -0.4 is 4.72 Å². The molecular weight excluding hydrogens is 324 g/mol. The van der Waals surface area contributed by atoms with E-state index in [1.807, 2.05) is 0 Å². The maximum atomic E-state index is 13.1. The van der Waals surface area contributed by atoms with Crippen LogP contribution in [0, 0.1) is 11.6 Å². The van der Waals surface area contributed by atoms with E-state index >= 15 is 0 Å². The molecule has 0 fully saturated rings. The quantitative estimate of drug-likeness (QED) is 0.823. The van der Waals surface area contributed by atoms with Crippen molar-refractivity contribution in [1.29, 1.82) is 0 Å². The normalized spacial score (nSPS) is 11.4. The number of hydrogen-bond acceptors (Lipinski definition) is 3. The van der Waals surface area contributed by atoms with Gasteiger partial charge < -0.3 is 0 Å². The largest absolute Gasteiger partial charge is 0.295 e. The van der Waals surface area contributed by atoms with Crippen LogP contribution in [0.2, 0.25) is 0 Å². The molecule has 4 nitrogen and oxygen atoms in total. The molecule has 0 saturated carbocycles. The van der Waals surface area contributed by atoms with Gasteiger partial charge in [0.05, 0.1) is 4.90 Å². The van der Waals surface area contributed by atoms with E-state index in [-0.39, 0.29) is 23.6 Å². The van der Waals surface area contributed by atoms with Crippen LogP contribution in [0.1, 0.15) is 22.8 Å². The van der Waals surface area contributed by atoms with Crippen molar-refractivity contribution in [3.63, 3.8) is 0 Å². The molecule has 2 aromatic carbocycles. The van der Waals surface area contributed by atoms with Crippen LogP contribution in [0.3, 0.4) is 0 Å². The molecule has 2 rings (SSSR count). The van der Waals surface area contributed by atoms with E-state index in [4.69, 9.17) is 0 Å². The van der Waals surface area contributed by atoms with E-state index in [9.17, 15) is 22.0 Å². The Balaban J connectivity index is 2.05. The molecule has 0 atom stereocenters. The highest BCUT2D eigenvalue weighted by Gasteiger charge is 2.15. The molecule has 0 unspecified atom stereocenters. The molecule has 0 aliphatic carbocycles. The number of carbonyl (C=O) groups is 1. The number of halogens is 2. The number of hydrogen-bond donors (Lipinski definition) is 1. The molecule has 122 valence electrons. The van der Waals surface area contributed by atoms with Crippen molar-refractivity contribution in [2.24, 2.45) is 0 Å². The van der Waals surface area contributed by atoms with Crippen LogP contribution in [-0.2, 0) is 16.4 Å². The molecule has 23 heavy (non-hydrogen) atoms. The highest BCUT2D eigenvalue weighted by Crippen LogP contribution is 2.13. The first-order valence-corrected chi connectivity index (χ1v) is 8.32. The summed E-state index contributed by atoms with van der Waals surface area (Å²) in [5.41, 5.74) is 0.776. The summed E-state index contributed by atoms with van der Waals surface area (Å²) in [4.78, 5) is 11.3. The van der Waals surface area contributed by atoms with Gasteiger partial charge in [-0.1, -0.05) is 18.2 Å². The van der Waals surface area contributed by atoms with Gasteiger partial charge in [0.25, 0.3) is 0 Å². The summed E-state index contributed by atoms with van der Waals surface area (Å²) in [5.74, 6) is -2.15. The predicted molar refractivity (Wildman–Crippen MR) is 81.7 cm³/mol. The molecule has 0 saturated heterocycles. The second-order valence-electron chi connectivity index (χ2n) is 4.98. The number of ketones is 1. The number of sulfonamides is 1. The Kier molecular flexibility index (Phi) is 5.23. The lowest BCUT2D eigenvalue weighted by Crippen LogP contribution is -2.26. The first-order valence-electron chi connectivity index (χ1n) is 6.84. The van der Waals surface area contributed by atoms with Crippen LogP contribution in [0.15, 0.2) is 47.4 Å². The molecule has 1 N–H and O–H groups in total. The Morgan fingerprint density at radius 3 is 2.48 bits per heavy atom. The fourth-order valence-electron chi connectivity index (χ4n) is 1.99. The van der Waals surface area contributed by atoms with Crippen LogP contribution in [-0.4, -0.2) is 20.7 Å². The van der Waals surface area contributed by atoms with Crippen molar-refractivity contribution in [2.45, 2.75) is 18.2 Å². The van der Waals surface area contributed by atoms with E-state index < -0.39 is 21.7 Å². The Hall–Kier alpha value is -2.12.